The van der Waals surface area contributed by atoms with Gasteiger partial charge >= 0.3 is 19.5 Å². The van der Waals surface area contributed by atoms with Crippen molar-refractivity contribution in [1.82, 2.24) is 10.0 Å². The van der Waals surface area contributed by atoms with E-state index >= 15 is 0 Å². The van der Waals surface area contributed by atoms with Gasteiger partial charge in [0.25, 0.3) is 0 Å². The van der Waals surface area contributed by atoms with Gasteiger partial charge in [-0.1, -0.05) is 38.3 Å². The summed E-state index contributed by atoms with van der Waals surface area (Å²) in [6, 6.07) is 0. The molecule has 24 heavy (non-hydrogen) atoms. The molecule has 0 bridgehead atoms. The molecule has 0 aliphatic heterocycles. The molecule has 2 rings (SSSR count). The Morgan fingerprint density at radius 2 is 1.17 bits per heavy atom. The van der Waals surface area contributed by atoms with Crippen molar-refractivity contribution in [1.29, 1.82) is 0 Å². The Morgan fingerprint density at radius 1 is 0.875 bits per heavy atom. The molecule has 2 fully saturated rings. The largest absolute Gasteiger partial charge is 2.00 e. The molecule has 2 aliphatic rings. The third-order valence-electron chi connectivity index (χ3n) is 4.45. The minimum atomic E-state index is -0.551. The van der Waals surface area contributed by atoms with Gasteiger partial charge in [-0.3, -0.25) is 10.0 Å². The van der Waals surface area contributed by atoms with Crippen LogP contribution in [0.25, 0.3) is 0 Å². The Kier molecular flexibility index (Phi) is 6.87. The molecule has 2 saturated carbocycles. The molecule has 6 nitrogen and oxygen atoms in total. The van der Waals surface area contributed by atoms with E-state index in [1.807, 2.05) is 13.8 Å². The van der Waals surface area contributed by atoms with Gasteiger partial charge in [0.2, 0.25) is 0 Å². The number of hydrogen-bond acceptors (Lipinski definition) is 6. The van der Waals surface area contributed by atoms with Crippen LogP contribution in [0, 0.1) is 10.8 Å². The summed E-state index contributed by atoms with van der Waals surface area (Å²) in [7, 11) is 3.28. The third-order valence-corrected chi connectivity index (χ3v) is 5.96. The van der Waals surface area contributed by atoms with E-state index in [1.54, 1.807) is 14.1 Å². The third kappa shape index (κ3) is 5.17. The zero-order valence-corrected chi connectivity index (χ0v) is 19.3. The van der Waals surface area contributed by atoms with E-state index in [1.165, 1.54) is 10.0 Å². The zero-order chi connectivity index (χ0) is 17.4. The molecular formula is C15H22N4O2S2Zn. The summed E-state index contributed by atoms with van der Waals surface area (Å²) in [6.07, 6.45) is 3.65. The molecule has 0 radical (unpaired) electrons. The summed E-state index contributed by atoms with van der Waals surface area (Å²) in [5.74, 6) is -1.10. The summed E-state index contributed by atoms with van der Waals surface area (Å²) in [4.78, 5) is 1.27. The quantitative estimate of drug-likeness (QED) is 0.209. The van der Waals surface area contributed by atoms with Crippen LogP contribution in [0.15, 0.2) is 10.2 Å². The SMILES string of the molecule is CN(/N=C(\[O-])C/C([O-])=N/N(C)C(=S)C1(C)CC1)C(=S)C1(C)CC1.[Zn+2]. The van der Waals surface area contributed by atoms with Crippen LogP contribution >= 0.6 is 24.4 Å². The topological polar surface area (TPSA) is 77.3 Å². The van der Waals surface area contributed by atoms with Gasteiger partial charge in [-0.15, -0.1) is 0 Å². The molecule has 0 atom stereocenters. The van der Waals surface area contributed by atoms with E-state index < -0.39 is 11.8 Å². The van der Waals surface area contributed by atoms with Crippen LogP contribution in [0.5, 0.6) is 0 Å². The zero-order valence-electron chi connectivity index (χ0n) is 14.7. The van der Waals surface area contributed by atoms with Crippen LogP contribution < -0.4 is 10.2 Å². The summed E-state index contributed by atoms with van der Waals surface area (Å²) in [5, 5.41) is 34.3. The van der Waals surface area contributed by atoms with Gasteiger partial charge in [-0.25, -0.2) is 0 Å². The monoisotopic (exact) mass is 418 g/mol. The second kappa shape index (κ2) is 7.71. The normalized spacial score (nSPS) is 20.7. The van der Waals surface area contributed by atoms with Gasteiger partial charge in [0.15, 0.2) is 0 Å². The minimum absolute atomic E-state index is 0. The smallest absolute Gasteiger partial charge is 0.860 e. The number of thiocarbonyl (C=S) groups is 2. The first-order chi connectivity index (χ1) is 10.6. The summed E-state index contributed by atoms with van der Waals surface area (Å²) in [5.41, 5.74) is -0.0667. The van der Waals surface area contributed by atoms with Gasteiger partial charge in [0.1, 0.15) is 9.98 Å². The predicted octanol–water partition coefficient (Wildman–Crippen LogP) is 0.840. The number of nitrogens with zero attached hydrogens (tertiary/aromatic N) is 4. The molecule has 0 aromatic carbocycles. The van der Waals surface area contributed by atoms with Crippen molar-refractivity contribution in [2.75, 3.05) is 14.1 Å². The molecule has 2 aliphatic carbocycles. The molecule has 0 saturated heterocycles. The molecule has 0 spiro atoms. The van der Waals surface area contributed by atoms with Crippen molar-refractivity contribution in [3.63, 3.8) is 0 Å². The van der Waals surface area contributed by atoms with E-state index in [0.29, 0.717) is 9.98 Å². The predicted molar refractivity (Wildman–Crippen MR) is 94.9 cm³/mol. The Hall–Kier alpha value is -0.657. The molecule has 0 heterocycles. The van der Waals surface area contributed by atoms with E-state index in [-0.39, 0.29) is 36.7 Å². The second-order valence-electron chi connectivity index (χ2n) is 6.94. The maximum Gasteiger partial charge on any atom is 2.00 e. The fourth-order valence-corrected chi connectivity index (χ4v) is 2.70. The average Bonchev–Trinajstić information content (AvgIpc) is 3.37. The van der Waals surface area contributed by atoms with E-state index in [0.717, 1.165) is 25.7 Å². The van der Waals surface area contributed by atoms with Gasteiger partial charge in [0.05, 0.1) is 0 Å². The van der Waals surface area contributed by atoms with Crippen LogP contribution in [0.2, 0.25) is 0 Å². The van der Waals surface area contributed by atoms with Gasteiger partial charge in [-0.2, -0.15) is 10.2 Å². The van der Waals surface area contributed by atoms with Crippen LogP contribution in [-0.4, -0.2) is 45.9 Å². The maximum atomic E-state index is 11.9. The van der Waals surface area contributed by atoms with Crippen molar-refractivity contribution < 1.29 is 29.7 Å². The number of hydrazone groups is 2. The van der Waals surface area contributed by atoms with Crippen molar-refractivity contribution in [3.8, 4) is 0 Å². The number of hydrogen-bond donors (Lipinski definition) is 0. The molecule has 0 N–H and O–H groups in total. The standard InChI is InChI=1S/C15H24N4O2S2.Zn/c1-14(5-6-14)12(22)18(3)16-10(20)9-11(21)17-19(4)13(23)15(2)7-8-15;/h5-9H2,1-4H3,(H,16,20)(H,17,21);/q;+2/p-2. The van der Waals surface area contributed by atoms with Crippen LogP contribution in [0.3, 0.4) is 0 Å². The van der Waals surface area contributed by atoms with Crippen molar-refractivity contribution in [3.05, 3.63) is 0 Å². The summed E-state index contributed by atoms with van der Waals surface area (Å²) >= 11 is 10.6. The second-order valence-corrected chi connectivity index (χ2v) is 7.72. The Bertz CT molecular complexity index is 536. The van der Waals surface area contributed by atoms with Crippen LogP contribution in [-0.2, 0) is 19.5 Å². The maximum absolute atomic E-state index is 11.9. The van der Waals surface area contributed by atoms with Crippen LogP contribution in [0.4, 0.5) is 0 Å². The molecule has 128 valence electrons. The van der Waals surface area contributed by atoms with Crippen molar-refractivity contribution in [2.24, 2.45) is 21.0 Å². The molecular weight excluding hydrogens is 398 g/mol. The molecule has 0 unspecified atom stereocenters. The van der Waals surface area contributed by atoms with Gasteiger partial charge in [0, 0.05) is 31.3 Å². The fraction of sp³-hybridized carbons (Fsp3) is 0.733. The first-order valence-corrected chi connectivity index (χ1v) is 8.44. The fourth-order valence-electron chi connectivity index (χ4n) is 2.21. The van der Waals surface area contributed by atoms with E-state index in [9.17, 15) is 10.2 Å². The van der Waals surface area contributed by atoms with Gasteiger partial charge < -0.3 is 10.2 Å². The summed E-state index contributed by atoms with van der Waals surface area (Å²) in [6.45, 7) is 4.08. The Labute approximate surface area is 166 Å². The van der Waals surface area contributed by atoms with Crippen LogP contribution in [0.1, 0.15) is 46.0 Å². The first-order valence-electron chi connectivity index (χ1n) is 7.63. The van der Waals surface area contributed by atoms with E-state index in [2.05, 4.69) is 10.2 Å². The average molecular weight is 420 g/mol. The van der Waals surface area contributed by atoms with Gasteiger partial charge in [-0.05, 0) is 37.5 Å². The first kappa shape index (κ1) is 21.4. The minimum Gasteiger partial charge on any atom is -0.860 e. The Morgan fingerprint density at radius 3 is 1.42 bits per heavy atom. The van der Waals surface area contributed by atoms with Crippen molar-refractivity contribution >= 4 is 46.2 Å². The molecule has 0 aromatic heterocycles. The molecule has 0 amide bonds. The molecule has 0 aromatic rings. The summed E-state index contributed by atoms with van der Waals surface area (Å²) < 4.78 is 0. The van der Waals surface area contributed by atoms with Crippen molar-refractivity contribution in [2.45, 2.75) is 46.0 Å². The number of rotatable bonds is 6. The van der Waals surface area contributed by atoms with E-state index in [4.69, 9.17) is 24.4 Å². The molecule has 9 heteroatoms. The Balaban J connectivity index is 0.00000288.